The molecule has 2 rings (SSSR count). The van der Waals surface area contributed by atoms with Crippen molar-refractivity contribution in [1.82, 2.24) is 9.78 Å². The van der Waals surface area contributed by atoms with Gasteiger partial charge in [0.25, 0.3) is 5.56 Å². The van der Waals surface area contributed by atoms with Crippen molar-refractivity contribution >= 4 is 17.0 Å². The highest BCUT2D eigenvalue weighted by molar-refractivity contribution is 7.11. The first kappa shape index (κ1) is 13.8. The Morgan fingerprint density at radius 1 is 1.42 bits per heavy atom. The number of hydrogen-bond donors (Lipinski definition) is 2. The van der Waals surface area contributed by atoms with Crippen LogP contribution in [0, 0.1) is 0 Å². The van der Waals surface area contributed by atoms with Crippen molar-refractivity contribution in [3.05, 3.63) is 44.5 Å². The average Bonchev–Trinajstić information content (AvgIpc) is 2.87. The summed E-state index contributed by atoms with van der Waals surface area (Å²) in [7, 11) is 0. The minimum Gasteiger partial charge on any atom is -0.382 e. The second-order valence-electron chi connectivity index (χ2n) is 4.18. The molecule has 0 amide bonds. The van der Waals surface area contributed by atoms with E-state index >= 15 is 0 Å². The molecule has 102 valence electrons. The topological polar surface area (TPSA) is 72.9 Å². The zero-order valence-corrected chi connectivity index (χ0v) is 11.7. The third-order valence-electron chi connectivity index (χ3n) is 2.71. The summed E-state index contributed by atoms with van der Waals surface area (Å²) in [6, 6.07) is 5.71. The summed E-state index contributed by atoms with van der Waals surface area (Å²) in [6.45, 7) is 3.81. The fraction of sp³-hybridized carbons (Fsp3) is 0.385. The van der Waals surface area contributed by atoms with Crippen LogP contribution in [0.5, 0.6) is 0 Å². The smallest absolute Gasteiger partial charge is 0.269 e. The van der Waals surface area contributed by atoms with Gasteiger partial charge in [0.15, 0.2) is 0 Å². The van der Waals surface area contributed by atoms with Gasteiger partial charge < -0.3 is 11.1 Å². The molecule has 2 heterocycles. The molecule has 0 aliphatic carbocycles. The van der Waals surface area contributed by atoms with Crippen molar-refractivity contribution in [3.63, 3.8) is 0 Å². The maximum Gasteiger partial charge on any atom is 0.269 e. The minimum absolute atomic E-state index is 0.103. The molecule has 0 atom stereocenters. The van der Waals surface area contributed by atoms with Gasteiger partial charge in [0.05, 0.1) is 18.4 Å². The fourth-order valence-electron chi connectivity index (χ4n) is 1.71. The summed E-state index contributed by atoms with van der Waals surface area (Å²) in [5.74, 6) is 0. The maximum atomic E-state index is 11.9. The van der Waals surface area contributed by atoms with E-state index in [-0.39, 0.29) is 5.56 Å². The molecule has 0 aliphatic heterocycles. The Morgan fingerprint density at radius 2 is 2.21 bits per heavy atom. The molecule has 2 aromatic heterocycles. The van der Waals surface area contributed by atoms with Gasteiger partial charge in [-0.15, -0.1) is 11.3 Å². The zero-order valence-electron chi connectivity index (χ0n) is 10.9. The molecule has 6 heteroatoms. The van der Waals surface area contributed by atoms with Crippen LogP contribution in [0.3, 0.4) is 0 Å². The van der Waals surface area contributed by atoms with Gasteiger partial charge in [-0.05, 0) is 18.6 Å². The minimum atomic E-state index is -0.103. The SMILES string of the molecule is CCc1ccc(Cn2ncc(NCCN)cc2=O)s1. The van der Waals surface area contributed by atoms with Crippen LogP contribution in [0.15, 0.2) is 29.2 Å². The van der Waals surface area contributed by atoms with E-state index in [0.717, 1.165) is 11.3 Å². The predicted molar refractivity (Wildman–Crippen MR) is 78.8 cm³/mol. The number of rotatable bonds is 6. The van der Waals surface area contributed by atoms with Gasteiger partial charge >= 0.3 is 0 Å². The summed E-state index contributed by atoms with van der Waals surface area (Å²) >= 11 is 1.72. The van der Waals surface area contributed by atoms with Gasteiger partial charge in [0.1, 0.15) is 0 Å². The standard InChI is InChI=1S/C13H18N4OS/c1-2-11-3-4-12(19-11)9-17-13(18)7-10(8-16-17)15-6-5-14/h3-4,7-8,15H,2,5-6,9,14H2,1H3. The van der Waals surface area contributed by atoms with E-state index in [0.29, 0.717) is 25.3 Å². The molecular weight excluding hydrogens is 260 g/mol. The summed E-state index contributed by atoms with van der Waals surface area (Å²) in [5.41, 5.74) is 6.01. The quantitative estimate of drug-likeness (QED) is 0.835. The zero-order chi connectivity index (χ0) is 13.7. The highest BCUT2D eigenvalue weighted by Crippen LogP contribution is 2.17. The number of thiophene rings is 1. The fourth-order valence-corrected chi connectivity index (χ4v) is 2.65. The first-order valence-corrected chi connectivity index (χ1v) is 7.13. The van der Waals surface area contributed by atoms with Crippen LogP contribution in [0.2, 0.25) is 0 Å². The number of aryl methyl sites for hydroxylation is 1. The van der Waals surface area contributed by atoms with Gasteiger partial charge in [-0.2, -0.15) is 5.10 Å². The van der Waals surface area contributed by atoms with E-state index in [1.165, 1.54) is 9.56 Å². The number of hydrogen-bond acceptors (Lipinski definition) is 5. The molecule has 5 nitrogen and oxygen atoms in total. The van der Waals surface area contributed by atoms with Crippen LogP contribution in [-0.2, 0) is 13.0 Å². The van der Waals surface area contributed by atoms with E-state index in [1.807, 2.05) is 0 Å². The van der Waals surface area contributed by atoms with E-state index in [9.17, 15) is 4.79 Å². The number of nitrogens with zero attached hydrogens (tertiary/aromatic N) is 2. The van der Waals surface area contributed by atoms with E-state index in [1.54, 1.807) is 23.6 Å². The van der Waals surface area contributed by atoms with Gasteiger partial charge in [0, 0.05) is 28.9 Å². The molecule has 0 bridgehead atoms. The molecule has 0 fully saturated rings. The monoisotopic (exact) mass is 278 g/mol. The first-order valence-electron chi connectivity index (χ1n) is 6.31. The molecule has 0 aliphatic rings. The van der Waals surface area contributed by atoms with Crippen LogP contribution in [0.25, 0.3) is 0 Å². The lowest BCUT2D eigenvalue weighted by Gasteiger charge is -2.06. The Hall–Kier alpha value is -1.66. The Bertz CT molecular complexity index is 590. The second kappa shape index (κ2) is 6.49. The van der Waals surface area contributed by atoms with Crippen LogP contribution in [0.1, 0.15) is 16.7 Å². The van der Waals surface area contributed by atoms with Gasteiger partial charge in [-0.3, -0.25) is 4.79 Å². The normalized spacial score (nSPS) is 10.6. The van der Waals surface area contributed by atoms with Crippen molar-refractivity contribution in [3.8, 4) is 0 Å². The van der Waals surface area contributed by atoms with Crippen LogP contribution in [-0.4, -0.2) is 22.9 Å². The molecular formula is C13H18N4OS. The molecule has 0 saturated heterocycles. The van der Waals surface area contributed by atoms with Crippen LogP contribution < -0.4 is 16.6 Å². The summed E-state index contributed by atoms with van der Waals surface area (Å²) in [4.78, 5) is 14.4. The third-order valence-corrected chi connectivity index (χ3v) is 3.93. The van der Waals surface area contributed by atoms with E-state index < -0.39 is 0 Å². The van der Waals surface area contributed by atoms with Gasteiger partial charge in [-0.25, -0.2) is 4.68 Å². The Labute approximate surface area is 116 Å². The number of nitrogens with two attached hydrogens (primary N) is 1. The van der Waals surface area contributed by atoms with Crippen molar-refractivity contribution < 1.29 is 0 Å². The van der Waals surface area contributed by atoms with Crippen molar-refractivity contribution in [2.24, 2.45) is 5.73 Å². The molecule has 0 spiro atoms. The lowest BCUT2D eigenvalue weighted by molar-refractivity contribution is 0.646. The summed E-state index contributed by atoms with van der Waals surface area (Å²) < 4.78 is 1.47. The van der Waals surface area contributed by atoms with Crippen LogP contribution in [0.4, 0.5) is 5.69 Å². The van der Waals surface area contributed by atoms with Gasteiger partial charge in [-0.1, -0.05) is 6.92 Å². The molecule has 0 saturated carbocycles. The van der Waals surface area contributed by atoms with E-state index in [2.05, 4.69) is 29.5 Å². The molecule has 0 aromatic carbocycles. The molecule has 0 radical (unpaired) electrons. The Balaban J connectivity index is 2.10. The lowest BCUT2D eigenvalue weighted by atomic mass is 10.3. The first-order chi connectivity index (χ1) is 9.22. The largest absolute Gasteiger partial charge is 0.382 e. The predicted octanol–water partition coefficient (Wildman–Crippen LogP) is 1.29. The maximum absolute atomic E-state index is 11.9. The third kappa shape index (κ3) is 3.65. The second-order valence-corrected chi connectivity index (χ2v) is 5.43. The number of aromatic nitrogens is 2. The molecule has 2 aromatic rings. The molecule has 0 unspecified atom stereocenters. The Morgan fingerprint density at radius 3 is 2.84 bits per heavy atom. The molecule has 3 N–H and O–H groups in total. The van der Waals surface area contributed by atoms with Crippen molar-refractivity contribution in [2.45, 2.75) is 19.9 Å². The van der Waals surface area contributed by atoms with Crippen molar-refractivity contribution in [2.75, 3.05) is 18.4 Å². The number of nitrogens with one attached hydrogen (secondary N) is 1. The Kier molecular flexibility index (Phi) is 4.70. The highest BCUT2D eigenvalue weighted by Gasteiger charge is 2.03. The summed E-state index contributed by atoms with van der Waals surface area (Å²) in [5, 5.41) is 7.21. The lowest BCUT2D eigenvalue weighted by Crippen LogP contribution is -2.23. The van der Waals surface area contributed by atoms with E-state index in [4.69, 9.17) is 5.73 Å². The average molecular weight is 278 g/mol. The van der Waals surface area contributed by atoms with Gasteiger partial charge in [0.2, 0.25) is 0 Å². The van der Waals surface area contributed by atoms with Crippen molar-refractivity contribution in [1.29, 1.82) is 0 Å². The molecule has 19 heavy (non-hydrogen) atoms. The van der Waals surface area contributed by atoms with Crippen LogP contribution >= 0.6 is 11.3 Å². The summed E-state index contributed by atoms with van der Waals surface area (Å²) in [6.07, 6.45) is 2.68. The number of anilines is 1. The highest BCUT2D eigenvalue weighted by atomic mass is 32.1.